The standard InChI is InChI=1S/C10H12F3N3O/c1-6-15-8(10(11,12)13)4-9(16-6)17-7-2-3-14-5-7/h4,7,14H,2-3,5H2,1H3. The number of nitrogens with one attached hydrogen (secondary N) is 1. The number of nitrogens with zero attached hydrogens (tertiary/aromatic N) is 2. The lowest BCUT2D eigenvalue weighted by molar-refractivity contribution is -0.141. The van der Waals surface area contributed by atoms with Gasteiger partial charge in [0.25, 0.3) is 0 Å². The van der Waals surface area contributed by atoms with Gasteiger partial charge in [0.05, 0.1) is 0 Å². The summed E-state index contributed by atoms with van der Waals surface area (Å²) < 4.78 is 42.9. The van der Waals surface area contributed by atoms with Gasteiger partial charge >= 0.3 is 6.18 Å². The molecule has 1 aromatic rings. The molecular formula is C10H12F3N3O. The minimum Gasteiger partial charge on any atom is -0.473 e. The molecule has 0 aromatic carbocycles. The van der Waals surface area contributed by atoms with Crippen molar-refractivity contribution in [1.82, 2.24) is 15.3 Å². The number of halogens is 3. The highest BCUT2D eigenvalue weighted by Gasteiger charge is 2.34. The summed E-state index contributed by atoms with van der Waals surface area (Å²) in [7, 11) is 0. The summed E-state index contributed by atoms with van der Waals surface area (Å²) in [4.78, 5) is 7.20. The summed E-state index contributed by atoms with van der Waals surface area (Å²) in [6.45, 7) is 2.85. The number of alkyl halides is 3. The summed E-state index contributed by atoms with van der Waals surface area (Å²) in [5, 5.41) is 3.06. The Kier molecular flexibility index (Phi) is 3.19. The molecule has 0 spiro atoms. The minimum absolute atomic E-state index is 0.0153. The van der Waals surface area contributed by atoms with Crippen LogP contribution in [0.2, 0.25) is 0 Å². The zero-order valence-electron chi connectivity index (χ0n) is 9.21. The predicted molar refractivity (Wildman–Crippen MR) is 53.7 cm³/mol. The van der Waals surface area contributed by atoms with Gasteiger partial charge in [-0.15, -0.1) is 0 Å². The van der Waals surface area contributed by atoms with Gasteiger partial charge in [0.15, 0.2) is 5.69 Å². The summed E-state index contributed by atoms with van der Waals surface area (Å²) in [6.07, 6.45) is -3.82. The van der Waals surface area contributed by atoms with Crippen LogP contribution in [0.5, 0.6) is 5.88 Å². The Labute approximate surface area is 96.2 Å². The molecule has 1 aliphatic rings. The van der Waals surface area contributed by atoms with Crippen LogP contribution in [-0.2, 0) is 6.18 Å². The third-order valence-electron chi connectivity index (χ3n) is 2.41. The molecular weight excluding hydrogens is 235 g/mol. The van der Waals surface area contributed by atoms with Crippen LogP contribution in [0, 0.1) is 6.92 Å². The number of ether oxygens (including phenoxy) is 1. The second-order valence-electron chi connectivity index (χ2n) is 3.87. The number of hydrogen-bond acceptors (Lipinski definition) is 4. The Morgan fingerprint density at radius 3 is 2.76 bits per heavy atom. The van der Waals surface area contributed by atoms with Gasteiger partial charge < -0.3 is 10.1 Å². The van der Waals surface area contributed by atoms with Crippen LogP contribution in [0.3, 0.4) is 0 Å². The van der Waals surface area contributed by atoms with Crippen LogP contribution in [0.25, 0.3) is 0 Å². The molecule has 1 atom stereocenters. The van der Waals surface area contributed by atoms with E-state index in [1.54, 1.807) is 0 Å². The molecule has 1 N–H and O–H groups in total. The molecule has 1 saturated heterocycles. The van der Waals surface area contributed by atoms with Gasteiger partial charge in [-0.2, -0.15) is 18.2 Å². The van der Waals surface area contributed by atoms with Crippen molar-refractivity contribution in [3.8, 4) is 5.88 Å². The lowest BCUT2D eigenvalue weighted by atomic mass is 10.3. The predicted octanol–water partition coefficient (Wildman–Crippen LogP) is 1.54. The van der Waals surface area contributed by atoms with E-state index in [1.807, 2.05) is 0 Å². The first-order valence-corrected chi connectivity index (χ1v) is 5.25. The quantitative estimate of drug-likeness (QED) is 0.861. The van der Waals surface area contributed by atoms with Crippen molar-refractivity contribution in [1.29, 1.82) is 0 Å². The maximum Gasteiger partial charge on any atom is 0.433 e. The highest BCUT2D eigenvalue weighted by Crippen LogP contribution is 2.29. The van der Waals surface area contributed by atoms with Crippen molar-refractivity contribution < 1.29 is 17.9 Å². The number of hydrogen-bond donors (Lipinski definition) is 1. The number of aryl methyl sites for hydroxylation is 1. The third-order valence-corrected chi connectivity index (χ3v) is 2.41. The van der Waals surface area contributed by atoms with Crippen LogP contribution in [0.4, 0.5) is 13.2 Å². The Morgan fingerprint density at radius 1 is 1.41 bits per heavy atom. The fourth-order valence-electron chi connectivity index (χ4n) is 1.65. The van der Waals surface area contributed by atoms with Crippen LogP contribution in [0.1, 0.15) is 17.9 Å². The van der Waals surface area contributed by atoms with Crippen molar-refractivity contribution in [3.05, 3.63) is 17.6 Å². The van der Waals surface area contributed by atoms with Crippen molar-refractivity contribution >= 4 is 0 Å². The van der Waals surface area contributed by atoms with E-state index in [0.717, 1.165) is 19.0 Å². The first-order chi connectivity index (χ1) is 7.95. The van der Waals surface area contributed by atoms with Crippen LogP contribution >= 0.6 is 0 Å². The van der Waals surface area contributed by atoms with Gasteiger partial charge in [-0.1, -0.05) is 0 Å². The zero-order valence-corrected chi connectivity index (χ0v) is 9.21. The topological polar surface area (TPSA) is 47.0 Å². The molecule has 4 nitrogen and oxygen atoms in total. The van der Waals surface area contributed by atoms with Crippen molar-refractivity contribution in [2.75, 3.05) is 13.1 Å². The van der Waals surface area contributed by atoms with E-state index in [4.69, 9.17) is 4.74 Å². The van der Waals surface area contributed by atoms with Crippen molar-refractivity contribution in [2.45, 2.75) is 25.6 Å². The molecule has 1 aliphatic heterocycles. The molecule has 2 rings (SSSR count). The Morgan fingerprint density at radius 2 is 2.18 bits per heavy atom. The van der Waals surface area contributed by atoms with Gasteiger partial charge in [0.2, 0.25) is 5.88 Å². The fourth-order valence-corrected chi connectivity index (χ4v) is 1.65. The maximum absolute atomic E-state index is 12.5. The average Bonchev–Trinajstić information content (AvgIpc) is 2.68. The third kappa shape index (κ3) is 3.06. The minimum atomic E-state index is -4.47. The molecule has 17 heavy (non-hydrogen) atoms. The lowest BCUT2D eigenvalue weighted by Crippen LogP contribution is -2.21. The second-order valence-corrected chi connectivity index (χ2v) is 3.87. The fraction of sp³-hybridized carbons (Fsp3) is 0.600. The smallest absolute Gasteiger partial charge is 0.433 e. The van der Waals surface area contributed by atoms with E-state index in [2.05, 4.69) is 15.3 Å². The first kappa shape index (κ1) is 12.1. The van der Waals surface area contributed by atoms with E-state index in [9.17, 15) is 13.2 Å². The van der Waals surface area contributed by atoms with E-state index in [1.165, 1.54) is 6.92 Å². The van der Waals surface area contributed by atoms with E-state index in [-0.39, 0.29) is 17.8 Å². The monoisotopic (exact) mass is 247 g/mol. The molecule has 1 unspecified atom stereocenters. The second kappa shape index (κ2) is 4.48. The molecule has 7 heteroatoms. The average molecular weight is 247 g/mol. The summed E-state index contributed by atoms with van der Waals surface area (Å²) in [5.74, 6) is 0.0410. The molecule has 0 saturated carbocycles. The van der Waals surface area contributed by atoms with Crippen LogP contribution < -0.4 is 10.1 Å². The van der Waals surface area contributed by atoms with E-state index >= 15 is 0 Å². The van der Waals surface area contributed by atoms with Crippen LogP contribution in [-0.4, -0.2) is 29.2 Å². The van der Waals surface area contributed by atoms with Gasteiger partial charge in [-0.3, -0.25) is 0 Å². The Hall–Kier alpha value is -1.37. The molecule has 0 radical (unpaired) electrons. The molecule has 1 fully saturated rings. The summed E-state index contributed by atoms with van der Waals surface area (Å²) in [6, 6.07) is 0.839. The van der Waals surface area contributed by atoms with Crippen molar-refractivity contribution in [3.63, 3.8) is 0 Å². The molecule has 94 valence electrons. The first-order valence-electron chi connectivity index (χ1n) is 5.25. The van der Waals surface area contributed by atoms with E-state index < -0.39 is 11.9 Å². The molecule has 2 heterocycles. The van der Waals surface area contributed by atoms with Gasteiger partial charge in [-0.25, -0.2) is 4.98 Å². The highest BCUT2D eigenvalue weighted by atomic mass is 19.4. The van der Waals surface area contributed by atoms with Gasteiger partial charge in [-0.05, 0) is 19.9 Å². The normalized spacial score (nSPS) is 20.6. The maximum atomic E-state index is 12.5. The highest BCUT2D eigenvalue weighted by molar-refractivity contribution is 5.18. The summed E-state index contributed by atoms with van der Waals surface area (Å²) >= 11 is 0. The van der Waals surface area contributed by atoms with Gasteiger partial charge in [0, 0.05) is 12.6 Å². The largest absolute Gasteiger partial charge is 0.473 e. The Bertz CT molecular complexity index is 402. The van der Waals surface area contributed by atoms with Crippen molar-refractivity contribution in [2.24, 2.45) is 0 Å². The van der Waals surface area contributed by atoms with Gasteiger partial charge in [0.1, 0.15) is 11.9 Å². The molecule has 0 aliphatic carbocycles. The molecule has 0 amide bonds. The van der Waals surface area contributed by atoms with Crippen LogP contribution in [0.15, 0.2) is 6.07 Å². The lowest BCUT2D eigenvalue weighted by Gasteiger charge is -2.13. The molecule has 0 bridgehead atoms. The van der Waals surface area contributed by atoms with E-state index in [0.29, 0.717) is 6.54 Å². The number of aromatic nitrogens is 2. The number of rotatable bonds is 2. The Balaban J connectivity index is 2.19. The molecule has 1 aromatic heterocycles. The zero-order chi connectivity index (χ0) is 12.5. The summed E-state index contributed by atoms with van der Waals surface area (Å²) in [5.41, 5.74) is -0.967. The SMILES string of the molecule is Cc1nc(OC2CCNC2)cc(C(F)(F)F)n1.